The van der Waals surface area contributed by atoms with E-state index in [9.17, 15) is 13.2 Å². The number of hydrogen-bond acceptors (Lipinski definition) is 6. The Bertz CT molecular complexity index is 587. The third-order valence-electron chi connectivity index (χ3n) is 3.00. The molecule has 1 fully saturated rings. The Morgan fingerprint density at radius 3 is 2.95 bits per heavy atom. The minimum Gasteiger partial charge on any atom is -0.481 e. The van der Waals surface area contributed by atoms with E-state index >= 15 is 0 Å². The van der Waals surface area contributed by atoms with Gasteiger partial charge >= 0.3 is 5.97 Å². The number of rotatable bonds is 3. The van der Waals surface area contributed by atoms with Gasteiger partial charge in [0.15, 0.2) is 9.84 Å². The highest BCUT2D eigenvalue weighted by Gasteiger charge is 2.33. The lowest BCUT2D eigenvalue weighted by atomic mass is 10.2. The normalized spacial score (nSPS) is 22.2. The van der Waals surface area contributed by atoms with Crippen molar-refractivity contribution in [3.63, 3.8) is 0 Å². The molecule has 104 valence electrons. The lowest BCUT2D eigenvalue weighted by molar-refractivity contribution is -0.137. The Kier molecular flexibility index (Phi) is 3.70. The molecule has 1 unspecified atom stereocenters. The predicted molar refractivity (Wildman–Crippen MR) is 68.8 cm³/mol. The van der Waals surface area contributed by atoms with Crippen LogP contribution in [-0.4, -0.2) is 53.6 Å². The maximum Gasteiger partial charge on any atom is 0.305 e. The molecule has 8 heteroatoms. The second-order valence-corrected chi connectivity index (χ2v) is 6.75. The van der Waals surface area contributed by atoms with Crippen LogP contribution in [0.4, 0.5) is 5.82 Å². The van der Waals surface area contributed by atoms with Gasteiger partial charge in [0.05, 0.1) is 24.0 Å². The van der Waals surface area contributed by atoms with Crippen LogP contribution in [0.5, 0.6) is 0 Å². The van der Waals surface area contributed by atoms with Gasteiger partial charge in [-0.25, -0.2) is 18.4 Å². The fourth-order valence-corrected chi connectivity index (χ4v) is 3.69. The molecule has 7 nitrogen and oxygen atoms in total. The second-order valence-electron chi connectivity index (χ2n) is 4.52. The summed E-state index contributed by atoms with van der Waals surface area (Å²) in [5.41, 5.74) is 0. The lowest BCUT2D eigenvalue weighted by Crippen LogP contribution is -2.50. The van der Waals surface area contributed by atoms with Crippen LogP contribution in [0.3, 0.4) is 0 Å². The summed E-state index contributed by atoms with van der Waals surface area (Å²) >= 11 is 0. The van der Waals surface area contributed by atoms with Crippen molar-refractivity contribution >= 4 is 21.6 Å². The van der Waals surface area contributed by atoms with Gasteiger partial charge in [-0.15, -0.1) is 0 Å². The molecule has 0 spiro atoms. The zero-order chi connectivity index (χ0) is 14.0. The largest absolute Gasteiger partial charge is 0.481 e. The summed E-state index contributed by atoms with van der Waals surface area (Å²) in [6, 6.07) is 1.09. The smallest absolute Gasteiger partial charge is 0.305 e. The zero-order valence-corrected chi connectivity index (χ0v) is 11.3. The van der Waals surface area contributed by atoms with Gasteiger partial charge in [0.2, 0.25) is 0 Å². The van der Waals surface area contributed by atoms with E-state index in [0.29, 0.717) is 11.6 Å². The summed E-state index contributed by atoms with van der Waals surface area (Å²) < 4.78 is 23.3. The maximum absolute atomic E-state index is 11.6. The summed E-state index contributed by atoms with van der Waals surface area (Å²) in [6.07, 6.45) is 1.36. The second kappa shape index (κ2) is 5.12. The average molecular weight is 285 g/mol. The highest BCUT2D eigenvalue weighted by Crippen LogP contribution is 2.21. The van der Waals surface area contributed by atoms with Crippen molar-refractivity contribution in [1.29, 1.82) is 0 Å². The van der Waals surface area contributed by atoms with Crippen LogP contribution in [0.15, 0.2) is 12.3 Å². The molecule has 2 rings (SSSR count). The highest BCUT2D eigenvalue weighted by molar-refractivity contribution is 7.91. The molecule has 1 aromatic heterocycles. The number of aliphatic carboxylic acids is 1. The molecule has 0 aromatic carbocycles. The van der Waals surface area contributed by atoms with E-state index in [0.717, 1.165) is 0 Å². The average Bonchev–Trinajstić information content (AvgIpc) is 2.27. The van der Waals surface area contributed by atoms with Crippen LogP contribution in [-0.2, 0) is 14.6 Å². The molecule has 0 amide bonds. The lowest BCUT2D eigenvalue weighted by Gasteiger charge is -2.35. The monoisotopic (exact) mass is 285 g/mol. The molecule has 0 radical (unpaired) electrons. The van der Waals surface area contributed by atoms with E-state index in [1.54, 1.807) is 24.1 Å². The molecule has 0 aliphatic carbocycles. The topological polar surface area (TPSA) is 100 Å². The summed E-state index contributed by atoms with van der Waals surface area (Å²) in [5, 5.41) is 8.90. The molecule has 1 aliphatic rings. The fraction of sp³-hybridized carbons (Fsp3) is 0.545. The Morgan fingerprint density at radius 2 is 2.32 bits per heavy atom. The van der Waals surface area contributed by atoms with Gasteiger partial charge in [-0.2, -0.15) is 0 Å². The van der Waals surface area contributed by atoms with Crippen molar-refractivity contribution in [3.05, 3.63) is 18.1 Å². The number of sulfone groups is 1. The molecule has 0 bridgehead atoms. The van der Waals surface area contributed by atoms with Gasteiger partial charge in [-0.3, -0.25) is 4.79 Å². The van der Waals surface area contributed by atoms with Gasteiger partial charge in [0.1, 0.15) is 11.6 Å². The molecule has 1 saturated heterocycles. The van der Waals surface area contributed by atoms with Crippen LogP contribution in [0.25, 0.3) is 0 Å². The van der Waals surface area contributed by atoms with E-state index in [1.165, 1.54) is 0 Å². The van der Waals surface area contributed by atoms with E-state index in [1.807, 2.05) is 0 Å². The first kappa shape index (κ1) is 13.7. The van der Waals surface area contributed by atoms with E-state index in [4.69, 9.17) is 5.11 Å². The number of carbonyl (C=O) groups is 1. The molecule has 2 heterocycles. The number of hydrogen-bond donors (Lipinski definition) is 1. The van der Waals surface area contributed by atoms with Crippen molar-refractivity contribution in [1.82, 2.24) is 9.97 Å². The van der Waals surface area contributed by atoms with Gasteiger partial charge < -0.3 is 10.0 Å². The third-order valence-corrected chi connectivity index (χ3v) is 4.69. The van der Waals surface area contributed by atoms with Crippen LogP contribution >= 0.6 is 0 Å². The van der Waals surface area contributed by atoms with Crippen LogP contribution in [0.2, 0.25) is 0 Å². The highest BCUT2D eigenvalue weighted by atomic mass is 32.2. The van der Waals surface area contributed by atoms with Gasteiger partial charge in [-0.05, 0) is 13.0 Å². The van der Waals surface area contributed by atoms with Crippen molar-refractivity contribution in [3.8, 4) is 0 Å². The minimum absolute atomic E-state index is 0.0200. The molecule has 1 N–H and O–H groups in total. The maximum atomic E-state index is 11.6. The molecular formula is C11H15N3O4S. The number of nitrogens with zero attached hydrogens (tertiary/aromatic N) is 3. The Morgan fingerprint density at radius 1 is 1.58 bits per heavy atom. The Balaban J connectivity index is 2.29. The molecule has 1 aliphatic heterocycles. The SMILES string of the molecule is Cc1nccc(N2CCS(=O)(=O)CC2CC(=O)O)n1. The summed E-state index contributed by atoms with van der Waals surface area (Å²) in [5.74, 6) is 0.000613. The van der Waals surface area contributed by atoms with Gasteiger partial charge in [-0.1, -0.05) is 0 Å². The first-order valence-corrected chi connectivity index (χ1v) is 7.68. The fourth-order valence-electron chi connectivity index (χ4n) is 2.16. The van der Waals surface area contributed by atoms with Gasteiger partial charge in [0, 0.05) is 12.7 Å². The van der Waals surface area contributed by atoms with E-state index < -0.39 is 21.8 Å². The van der Waals surface area contributed by atoms with E-state index in [-0.39, 0.29) is 24.5 Å². The standard InChI is InChI=1S/C11H15N3O4S/c1-8-12-3-2-10(13-8)14-4-5-19(17,18)7-9(14)6-11(15)16/h2-3,9H,4-7H2,1H3,(H,15,16). The predicted octanol–water partition coefficient (Wildman–Crippen LogP) is -0.137. The van der Waals surface area contributed by atoms with Crippen LogP contribution in [0, 0.1) is 6.92 Å². The van der Waals surface area contributed by atoms with Crippen molar-refractivity contribution < 1.29 is 18.3 Å². The van der Waals surface area contributed by atoms with Crippen LogP contribution < -0.4 is 4.90 Å². The van der Waals surface area contributed by atoms with Crippen molar-refractivity contribution in [2.45, 2.75) is 19.4 Å². The number of anilines is 1. The van der Waals surface area contributed by atoms with E-state index in [2.05, 4.69) is 9.97 Å². The number of carboxylic acid groups (broad SMARTS) is 1. The zero-order valence-electron chi connectivity index (χ0n) is 10.5. The molecule has 1 atom stereocenters. The summed E-state index contributed by atoms with van der Waals surface area (Å²) in [6.45, 7) is 1.99. The molecule has 19 heavy (non-hydrogen) atoms. The number of carboxylic acids is 1. The van der Waals surface area contributed by atoms with Crippen LogP contribution in [0.1, 0.15) is 12.2 Å². The minimum atomic E-state index is -3.18. The molecule has 0 saturated carbocycles. The first-order valence-electron chi connectivity index (χ1n) is 5.86. The van der Waals surface area contributed by atoms with Crippen molar-refractivity contribution in [2.24, 2.45) is 0 Å². The molecule has 1 aromatic rings. The van der Waals surface area contributed by atoms with Gasteiger partial charge in [0.25, 0.3) is 0 Å². The van der Waals surface area contributed by atoms with Crippen molar-refractivity contribution in [2.75, 3.05) is 23.0 Å². The summed E-state index contributed by atoms with van der Waals surface area (Å²) in [4.78, 5) is 20.8. The summed E-state index contributed by atoms with van der Waals surface area (Å²) in [7, 11) is -3.18. The number of aryl methyl sites for hydroxylation is 1. The molecular weight excluding hydrogens is 270 g/mol. The Hall–Kier alpha value is -1.70. The number of aromatic nitrogens is 2. The first-order chi connectivity index (χ1) is 8.87. The quantitative estimate of drug-likeness (QED) is 0.825. The third kappa shape index (κ3) is 3.40. The Labute approximate surface area is 111 Å².